The molecule has 46 heavy (non-hydrogen) atoms. The third-order valence-electron chi connectivity index (χ3n) is 9.29. The number of allylic oxidation sites excluding steroid dienone is 8. The molecule has 1 N–H and O–H groups in total. The molecule has 2 aromatic carbocycles. The van der Waals surface area contributed by atoms with Crippen LogP contribution in [0.2, 0.25) is 0 Å². The van der Waals surface area contributed by atoms with Crippen molar-refractivity contribution in [2.24, 2.45) is 0 Å². The minimum Gasteiger partial charge on any atom is -0.744 e. The molecule has 3 aliphatic rings. The van der Waals surface area contributed by atoms with E-state index in [2.05, 4.69) is 27.7 Å². The predicted octanol–water partition coefficient (Wildman–Crippen LogP) is 4.10. The number of nitrogens with zero attached hydrogens (tertiary/aromatic N) is 2. The van der Waals surface area contributed by atoms with Gasteiger partial charge in [-0.05, 0) is 100 Å². The van der Waals surface area contributed by atoms with E-state index in [1.807, 2.05) is 47.6 Å². The molecule has 0 radical (unpaired) electrons. The maximum absolute atomic E-state index is 11.8. The molecular weight excluding hydrogens is 655 g/mol. The second kappa shape index (κ2) is 13.1. The van der Waals surface area contributed by atoms with Crippen LogP contribution in [0.1, 0.15) is 71.9 Å². The van der Waals surface area contributed by atoms with Crippen LogP contribution in [0, 0.1) is 0 Å². The molecule has 8 nitrogen and oxygen atoms in total. The number of hydrogen-bond acceptors (Lipinski definition) is 6. The molecule has 240 valence electrons. The summed E-state index contributed by atoms with van der Waals surface area (Å²) in [5, 5.41) is 0.691. The van der Waals surface area contributed by atoms with Crippen molar-refractivity contribution in [2.75, 3.05) is 18.0 Å². The van der Waals surface area contributed by atoms with Gasteiger partial charge in [-0.25, -0.2) is 8.42 Å². The summed E-state index contributed by atoms with van der Waals surface area (Å²) in [5.41, 5.74) is 6.38. The first-order valence-corrected chi connectivity index (χ1v) is 18.3. The van der Waals surface area contributed by atoms with Crippen molar-refractivity contribution in [3.8, 4) is 0 Å². The third-order valence-corrected chi connectivity index (χ3v) is 11.5. The Hall–Kier alpha value is -2.02. The van der Waals surface area contributed by atoms with Crippen LogP contribution in [0.4, 0.5) is 11.4 Å². The number of rotatable bonds is 7. The normalized spacial score (nSPS) is 20.9. The van der Waals surface area contributed by atoms with Crippen molar-refractivity contribution in [3.05, 3.63) is 93.7 Å². The first kappa shape index (κ1) is 36.8. The Morgan fingerprint density at radius 2 is 1.59 bits per heavy atom. The number of hydrogen-bond donors (Lipinski definition) is 1. The van der Waals surface area contributed by atoms with Gasteiger partial charge in [0.1, 0.15) is 16.7 Å². The SMILES string of the molecule is CCN1C(=CC=C2CCCC(C=CC3=[N+](CC)c4ccc(S(=O)(=O)[O-])cc4C3(C)C)=C2Cl)C(C)(C)c2cc(S(=O)(=O)O)ccc21.[Na+]. The van der Waals surface area contributed by atoms with Crippen LogP contribution in [0.3, 0.4) is 0 Å². The van der Waals surface area contributed by atoms with Crippen LogP contribution < -0.4 is 34.5 Å². The van der Waals surface area contributed by atoms with Crippen molar-refractivity contribution in [2.45, 2.75) is 81.4 Å². The molecule has 1 aliphatic carbocycles. The van der Waals surface area contributed by atoms with E-state index in [1.165, 1.54) is 18.2 Å². The van der Waals surface area contributed by atoms with Crippen molar-refractivity contribution in [1.29, 1.82) is 0 Å². The van der Waals surface area contributed by atoms with E-state index in [-0.39, 0.29) is 39.3 Å². The third kappa shape index (κ3) is 6.52. The van der Waals surface area contributed by atoms with Crippen LogP contribution in [-0.2, 0) is 31.1 Å². The molecule has 0 amide bonds. The summed E-state index contributed by atoms with van der Waals surface area (Å²) in [6.45, 7) is 13.6. The fraction of sp³-hybridized carbons (Fsp3) is 0.382. The summed E-state index contributed by atoms with van der Waals surface area (Å²) >= 11 is 7.02. The molecule has 0 aromatic heterocycles. The van der Waals surface area contributed by atoms with Crippen molar-refractivity contribution in [3.63, 3.8) is 0 Å². The number of halogens is 1. The standard InChI is InChI=1S/C34H39ClN2O6S2.Na/c1-7-36-28-16-14-24(44(38,39)40)20-26(28)33(3,4)30(36)18-12-22-10-9-11-23(32(22)35)13-19-31-34(5,6)27-21-25(45(41,42)43)15-17-29(27)37(31)8-2;/h12-21H,7-11H2,1-6H3,(H-,38,39,40,41,42,43);/q;+1. The summed E-state index contributed by atoms with van der Waals surface area (Å²) in [6.07, 6.45) is 10.8. The average molecular weight is 694 g/mol. The zero-order valence-electron chi connectivity index (χ0n) is 27.4. The van der Waals surface area contributed by atoms with Crippen molar-refractivity contribution >= 4 is 48.9 Å². The summed E-state index contributed by atoms with van der Waals surface area (Å²) in [5.74, 6) is 0. The second-order valence-electron chi connectivity index (χ2n) is 12.7. The van der Waals surface area contributed by atoms with E-state index in [9.17, 15) is 25.9 Å². The number of fused-ring (bicyclic) bond motifs is 2. The largest absolute Gasteiger partial charge is 1.00 e. The minimum atomic E-state index is -4.58. The van der Waals surface area contributed by atoms with Crippen LogP contribution in [0.15, 0.2) is 92.4 Å². The van der Waals surface area contributed by atoms with E-state index in [0.29, 0.717) is 18.1 Å². The van der Waals surface area contributed by atoms with Crippen molar-refractivity contribution < 1.29 is 60.1 Å². The molecule has 0 fully saturated rings. The van der Waals surface area contributed by atoms with Gasteiger partial charge in [-0.3, -0.25) is 4.55 Å². The van der Waals surface area contributed by atoms with Gasteiger partial charge in [-0.1, -0.05) is 37.6 Å². The Morgan fingerprint density at radius 1 is 0.935 bits per heavy atom. The van der Waals surface area contributed by atoms with Gasteiger partial charge in [0.15, 0.2) is 5.71 Å². The molecular formula is C34H39ClN2NaO6S2+. The molecule has 0 saturated heterocycles. The van der Waals surface area contributed by atoms with E-state index < -0.39 is 31.1 Å². The Balaban J connectivity index is 0.00000480. The van der Waals surface area contributed by atoms with Gasteiger partial charge in [-0.2, -0.15) is 13.0 Å². The van der Waals surface area contributed by atoms with Gasteiger partial charge in [0.25, 0.3) is 10.1 Å². The van der Waals surface area contributed by atoms with Gasteiger partial charge in [0.05, 0.1) is 15.2 Å². The van der Waals surface area contributed by atoms with Crippen LogP contribution in [0.5, 0.6) is 0 Å². The molecule has 2 aromatic rings. The van der Waals surface area contributed by atoms with Crippen LogP contribution >= 0.6 is 11.6 Å². The first-order chi connectivity index (χ1) is 20.9. The molecule has 0 spiro atoms. The van der Waals surface area contributed by atoms with Gasteiger partial charge >= 0.3 is 29.6 Å². The summed E-state index contributed by atoms with van der Waals surface area (Å²) in [6, 6.07) is 9.30. The summed E-state index contributed by atoms with van der Waals surface area (Å²) < 4.78 is 70.7. The van der Waals surface area contributed by atoms with E-state index in [4.69, 9.17) is 11.6 Å². The Bertz CT molecular complexity index is 1970. The van der Waals surface area contributed by atoms with Crippen molar-refractivity contribution in [1.82, 2.24) is 0 Å². The van der Waals surface area contributed by atoms with Gasteiger partial charge in [-0.15, -0.1) is 0 Å². The second-order valence-corrected chi connectivity index (χ2v) is 15.9. The minimum absolute atomic E-state index is 0. The van der Waals surface area contributed by atoms with Gasteiger partial charge < -0.3 is 9.45 Å². The summed E-state index contributed by atoms with van der Waals surface area (Å²) in [7, 11) is -8.90. The smallest absolute Gasteiger partial charge is 0.744 e. The molecule has 5 rings (SSSR count). The fourth-order valence-corrected chi connectivity index (χ4v) is 8.19. The number of benzene rings is 2. The Morgan fingerprint density at radius 3 is 2.20 bits per heavy atom. The molecule has 0 bridgehead atoms. The molecule has 0 atom stereocenters. The fourth-order valence-electron chi connectivity index (χ4n) is 6.87. The molecule has 2 heterocycles. The quantitative estimate of drug-likeness (QED) is 0.264. The van der Waals surface area contributed by atoms with Crippen LogP contribution in [0.25, 0.3) is 0 Å². The maximum Gasteiger partial charge on any atom is 1.00 e. The summed E-state index contributed by atoms with van der Waals surface area (Å²) in [4.78, 5) is 1.80. The predicted molar refractivity (Wildman–Crippen MR) is 177 cm³/mol. The molecule has 0 unspecified atom stereocenters. The zero-order valence-corrected chi connectivity index (χ0v) is 31.8. The molecule has 2 aliphatic heterocycles. The van der Waals surface area contributed by atoms with E-state index in [1.54, 1.807) is 18.2 Å². The average Bonchev–Trinajstić information content (AvgIpc) is 3.32. The number of likely N-dealkylation sites (N-methyl/N-ethyl adjacent to an activating group) is 1. The molecule has 12 heteroatoms. The van der Waals surface area contributed by atoms with E-state index >= 15 is 0 Å². The first-order valence-electron chi connectivity index (χ1n) is 15.1. The Kier molecular flexibility index (Phi) is 10.5. The number of anilines is 1. The van der Waals surface area contributed by atoms with Crippen LogP contribution in [-0.4, -0.2) is 49.3 Å². The van der Waals surface area contributed by atoms with Gasteiger partial charge in [0, 0.05) is 46.1 Å². The van der Waals surface area contributed by atoms with E-state index in [0.717, 1.165) is 64.3 Å². The maximum atomic E-state index is 11.8. The monoisotopic (exact) mass is 693 g/mol. The van der Waals surface area contributed by atoms with Gasteiger partial charge in [0.2, 0.25) is 5.69 Å². The zero-order chi connectivity index (χ0) is 33.1. The topological polar surface area (TPSA) is 118 Å². The molecule has 0 saturated carbocycles. The Labute approximate surface area is 300 Å².